The summed E-state index contributed by atoms with van der Waals surface area (Å²) in [5, 5.41) is 16.7. The van der Waals surface area contributed by atoms with Crippen molar-refractivity contribution in [3.8, 4) is 11.5 Å². The van der Waals surface area contributed by atoms with Crippen molar-refractivity contribution in [3.63, 3.8) is 0 Å². The number of hydrogen-bond donors (Lipinski definition) is 2. The molecule has 0 radical (unpaired) electrons. The lowest BCUT2D eigenvalue weighted by Gasteiger charge is -2.07. The summed E-state index contributed by atoms with van der Waals surface area (Å²) in [6.45, 7) is 0.935. The smallest absolute Gasteiger partial charge is 0.358 e. The van der Waals surface area contributed by atoms with Crippen LogP contribution in [0.5, 0.6) is 11.5 Å². The summed E-state index contributed by atoms with van der Waals surface area (Å²) in [5.41, 5.74) is 6.90. The van der Waals surface area contributed by atoms with Crippen molar-refractivity contribution in [2.24, 2.45) is 5.73 Å². The molecule has 1 aliphatic heterocycles. The maximum absolute atomic E-state index is 11.1. The highest BCUT2D eigenvalue weighted by atomic mass is 16.7. The van der Waals surface area contributed by atoms with E-state index in [9.17, 15) is 4.79 Å². The molecule has 0 unspecified atom stereocenters. The first kappa shape index (κ1) is 13.4. The molecule has 0 fully saturated rings. The normalized spacial score (nSPS) is 12.6. The number of benzene rings is 1. The number of fused-ring (bicyclic) bond motifs is 1. The van der Waals surface area contributed by atoms with Crippen LogP contribution in [0.1, 0.15) is 21.7 Å². The molecule has 0 saturated carbocycles. The van der Waals surface area contributed by atoms with Crippen LogP contribution in [0.15, 0.2) is 18.2 Å². The molecular weight excluding hydrogens is 276 g/mol. The van der Waals surface area contributed by atoms with Crippen LogP contribution in [0.2, 0.25) is 0 Å². The lowest BCUT2D eigenvalue weighted by Crippen LogP contribution is -2.14. The van der Waals surface area contributed by atoms with Crippen LogP contribution >= 0.6 is 0 Å². The predicted molar refractivity (Wildman–Crippen MR) is 71.4 cm³/mol. The summed E-state index contributed by atoms with van der Waals surface area (Å²) >= 11 is 0. The molecule has 8 heteroatoms. The molecule has 8 nitrogen and oxygen atoms in total. The van der Waals surface area contributed by atoms with E-state index in [0.717, 1.165) is 5.56 Å². The zero-order chi connectivity index (χ0) is 14.8. The molecule has 0 spiro atoms. The molecule has 1 aliphatic rings. The Kier molecular flexibility index (Phi) is 3.44. The molecule has 1 aromatic carbocycles. The summed E-state index contributed by atoms with van der Waals surface area (Å²) in [7, 11) is 0. The van der Waals surface area contributed by atoms with Crippen molar-refractivity contribution in [2.45, 2.75) is 13.0 Å². The van der Waals surface area contributed by atoms with Gasteiger partial charge in [0, 0.05) is 6.42 Å². The van der Waals surface area contributed by atoms with Crippen LogP contribution in [0.4, 0.5) is 0 Å². The summed E-state index contributed by atoms with van der Waals surface area (Å²) in [4.78, 5) is 11.1. The molecule has 3 rings (SSSR count). The zero-order valence-electron chi connectivity index (χ0n) is 11.2. The molecule has 1 aromatic heterocycles. The molecule has 0 aliphatic carbocycles. The third-order valence-corrected chi connectivity index (χ3v) is 3.19. The number of rotatable bonds is 5. The standard InChI is InChI=1S/C13H14N4O4/c14-4-3-9-12(13(18)19)15-16-17(9)6-8-1-2-10-11(5-8)21-7-20-10/h1-2,5H,3-4,6-7,14H2,(H,18,19). The van der Waals surface area contributed by atoms with E-state index in [4.69, 9.17) is 20.3 Å². The number of carboxylic acids is 1. The summed E-state index contributed by atoms with van der Waals surface area (Å²) in [6.07, 6.45) is 0.402. The fourth-order valence-corrected chi connectivity index (χ4v) is 2.22. The maximum atomic E-state index is 11.1. The Morgan fingerprint density at radius 3 is 2.95 bits per heavy atom. The van der Waals surface area contributed by atoms with Gasteiger partial charge in [0.15, 0.2) is 17.2 Å². The van der Waals surface area contributed by atoms with Gasteiger partial charge in [-0.25, -0.2) is 9.48 Å². The van der Waals surface area contributed by atoms with Crippen molar-refractivity contribution in [1.29, 1.82) is 0 Å². The van der Waals surface area contributed by atoms with Gasteiger partial charge in [-0.15, -0.1) is 5.10 Å². The van der Waals surface area contributed by atoms with Crippen LogP contribution in [0.25, 0.3) is 0 Å². The summed E-state index contributed by atoms with van der Waals surface area (Å²) in [5.74, 6) is 0.271. The molecule has 21 heavy (non-hydrogen) atoms. The Labute approximate surface area is 120 Å². The van der Waals surface area contributed by atoms with E-state index < -0.39 is 5.97 Å². The lowest BCUT2D eigenvalue weighted by molar-refractivity contribution is 0.0689. The number of aromatic carboxylic acids is 1. The van der Waals surface area contributed by atoms with Crippen molar-refractivity contribution >= 4 is 5.97 Å². The van der Waals surface area contributed by atoms with Gasteiger partial charge in [-0.2, -0.15) is 0 Å². The molecule has 3 N–H and O–H groups in total. The number of nitrogens with two attached hydrogens (primary N) is 1. The van der Waals surface area contributed by atoms with Gasteiger partial charge >= 0.3 is 5.97 Å². The first-order valence-electron chi connectivity index (χ1n) is 6.43. The third-order valence-electron chi connectivity index (χ3n) is 3.19. The van der Waals surface area contributed by atoms with Crippen LogP contribution in [-0.2, 0) is 13.0 Å². The van der Waals surface area contributed by atoms with E-state index in [-0.39, 0.29) is 12.5 Å². The van der Waals surface area contributed by atoms with Gasteiger partial charge in [-0.1, -0.05) is 11.3 Å². The summed E-state index contributed by atoms with van der Waals surface area (Å²) in [6, 6.07) is 5.54. The van der Waals surface area contributed by atoms with Gasteiger partial charge < -0.3 is 20.3 Å². The molecule has 2 heterocycles. The van der Waals surface area contributed by atoms with Gasteiger partial charge in [-0.05, 0) is 24.2 Å². The van der Waals surface area contributed by atoms with Gasteiger partial charge in [0.25, 0.3) is 0 Å². The average molecular weight is 290 g/mol. The van der Waals surface area contributed by atoms with Crippen LogP contribution in [0, 0.1) is 0 Å². The Balaban J connectivity index is 1.89. The van der Waals surface area contributed by atoms with Gasteiger partial charge in [0.05, 0.1) is 12.2 Å². The number of carboxylic acid groups (broad SMARTS) is 1. The fourth-order valence-electron chi connectivity index (χ4n) is 2.22. The SMILES string of the molecule is NCCc1c(C(=O)O)nnn1Cc1ccc2c(c1)OCO2. The Morgan fingerprint density at radius 2 is 2.19 bits per heavy atom. The molecule has 0 saturated heterocycles. The van der Waals surface area contributed by atoms with Crippen molar-refractivity contribution in [2.75, 3.05) is 13.3 Å². The second-order valence-electron chi connectivity index (χ2n) is 4.57. The fraction of sp³-hybridized carbons (Fsp3) is 0.308. The van der Waals surface area contributed by atoms with Crippen molar-refractivity contribution < 1.29 is 19.4 Å². The first-order valence-corrected chi connectivity index (χ1v) is 6.43. The van der Waals surface area contributed by atoms with Crippen molar-refractivity contribution in [1.82, 2.24) is 15.0 Å². The average Bonchev–Trinajstić information content (AvgIpc) is 3.06. The molecule has 0 atom stereocenters. The zero-order valence-corrected chi connectivity index (χ0v) is 11.2. The number of carbonyl (C=O) groups is 1. The largest absolute Gasteiger partial charge is 0.476 e. The Hall–Kier alpha value is -2.61. The second-order valence-corrected chi connectivity index (χ2v) is 4.57. The molecular formula is C13H14N4O4. The second kappa shape index (κ2) is 5.41. The van der Waals surface area contributed by atoms with Crippen LogP contribution in [0.3, 0.4) is 0 Å². The Morgan fingerprint density at radius 1 is 1.38 bits per heavy atom. The number of nitrogens with zero attached hydrogens (tertiary/aromatic N) is 3. The minimum absolute atomic E-state index is 0.0545. The minimum atomic E-state index is -1.10. The monoisotopic (exact) mass is 290 g/mol. The minimum Gasteiger partial charge on any atom is -0.476 e. The highest BCUT2D eigenvalue weighted by Gasteiger charge is 2.19. The lowest BCUT2D eigenvalue weighted by atomic mass is 10.2. The highest BCUT2D eigenvalue weighted by molar-refractivity contribution is 5.86. The molecule has 0 bridgehead atoms. The van der Waals surface area contributed by atoms with Gasteiger partial charge in [0.2, 0.25) is 6.79 Å². The number of aromatic nitrogens is 3. The topological polar surface area (TPSA) is 112 Å². The van der Waals surface area contributed by atoms with E-state index in [0.29, 0.717) is 36.7 Å². The van der Waals surface area contributed by atoms with E-state index in [2.05, 4.69) is 10.3 Å². The quantitative estimate of drug-likeness (QED) is 0.811. The Bertz CT molecular complexity index is 683. The predicted octanol–water partition coefficient (Wildman–Crippen LogP) is 0.254. The number of ether oxygens (including phenoxy) is 2. The first-order chi connectivity index (χ1) is 10.2. The van der Waals surface area contributed by atoms with Crippen LogP contribution in [-0.4, -0.2) is 39.4 Å². The highest BCUT2D eigenvalue weighted by Crippen LogP contribution is 2.32. The maximum Gasteiger partial charge on any atom is 0.358 e. The van der Waals surface area contributed by atoms with E-state index in [1.807, 2.05) is 18.2 Å². The molecule has 110 valence electrons. The van der Waals surface area contributed by atoms with Crippen LogP contribution < -0.4 is 15.2 Å². The summed E-state index contributed by atoms with van der Waals surface area (Å²) < 4.78 is 12.1. The molecule has 0 amide bonds. The van der Waals surface area contributed by atoms with Gasteiger partial charge in [0.1, 0.15) is 0 Å². The van der Waals surface area contributed by atoms with E-state index in [1.54, 1.807) is 4.68 Å². The van der Waals surface area contributed by atoms with E-state index in [1.165, 1.54) is 0 Å². The third kappa shape index (κ3) is 2.52. The number of hydrogen-bond acceptors (Lipinski definition) is 6. The molecule has 2 aromatic rings. The van der Waals surface area contributed by atoms with Gasteiger partial charge in [-0.3, -0.25) is 0 Å². The van der Waals surface area contributed by atoms with Crippen molar-refractivity contribution in [3.05, 3.63) is 35.2 Å². The van der Waals surface area contributed by atoms with E-state index >= 15 is 0 Å².